The topological polar surface area (TPSA) is 78.0 Å². The van der Waals surface area contributed by atoms with Gasteiger partial charge in [0, 0.05) is 18.7 Å². The fourth-order valence-electron chi connectivity index (χ4n) is 3.86. The van der Waals surface area contributed by atoms with Crippen molar-refractivity contribution in [3.8, 4) is 11.1 Å². The average molecular weight is 395 g/mol. The Balaban J connectivity index is 1.53. The standard InChI is InChI=1S/C24H17N3O3/c28-24-21-15-20(27(29)30)10-11-22(21)25-23-19(12-13-26(23)24)14-16-6-8-18(9-7-16)17-4-2-1-3-5-17/h1-11,14-15H,12-13H2/b19-14-. The van der Waals surface area contributed by atoms with E-state index in [2.05, 4.69) is 47.5 Å². The maximum Gasteiger partial charge on any atom is 0.270 e. The number of nitro benzene ring substituents is 1. The Labute approximate surface area is 171 Å². The lowest BCUT2D eigenvalue weighted by atomic mass is 10.0. The highest BCUT2D eigenvalue weighted by Crippen LogP contribution is 2.29. The number of allylic oxidation sites excluding steroid dienone is 1. The van der Waals surface area contributed by atoms with Crippen molar-refractivity contribution in [3.05, 3.63) is 105 Å². The molecule has 1 aliphatic heterocycles. The Kier molecular flexibility index (Phi) is 4.25. The van der Waals surface area contributed by atoms with Crippen LogP contribution in [0.25, 0.3) is 33.7 Å². The predicted molar refractivity (Wildman–Crippen MR) is 117 cm³/mol. The molecule has 5 rings (SSSR count). The molecule has 146 valence electrons. The van der Waals surface area contributed by atoms with Crippen molar-refractivity contribution in [1.82, 2.24) is 9.55 Å². The summed E-state index contributed by atoms with van der Waals surface area (Å²) in [6.45, 7) is 0.522. The Morgan fingerprint density at radius 1 is 0.967 bits per heavy atom. The Bertz CT molecular complexity index is 1370. The fourth-order valence-corrected chi connectivity index (χ4v) is 3.86. The van der Waals surface area contributed by atoms with Crippen LogP contribution in [0.4, 0.5) is 5.69 Å². The van der Waals surface area contributed by atoms with E-state index in [0.717, 1.165) is 22.3 Å². The molecular formula is C24H17N3O3. The van der Waals surface area contributed by atoms with Crippen LogP contribution in [0.5, 0.6) is 0 Å². The van der Waals surface area contributed by atoms with E-state index in [-0.39, 0.29) is 16.6 Å². The molecule has 0 bridgehead atoms. The molecule has 4 aromatic rings. The van der Waals surface area contributed by atoms with E-state index < -0.39 is 4.92 Å². The van der Waals surface area contributed by atoms with Crippen molar-refractivity contribution in [2.75, 3.05) is 0 Å². The number of fused-ring (bicyclic) bond motifs is 2. The molecule has 0 aliphatic carbocycles. The highest BCUT2D eigenvalue weighted by molar-refractivity contribution is 5.86. The summed E-state index contributed by atoms with van der Waals surface area (Å²) in [4.78, 5) is 28.0. The van der Waals surface area contributed by atoms with Crippen LogP contribution in [0.15, 0.2) is 77.6 Å². The molecule has 3 aromatic carbocycles. The van der Waals surface area contributed by atoms with Crippen molar-refractivity contribution in [2.45, 2.75) is 13.0 Å². The monoisotopic (exact) mass is 395 g/mol. The zero-order chi connectivity index (χ0) is 20.7. The Hall–Kier alpha value is -4.06. The fraction of sp³-hybridized carbons (Fsp3) is 0.0833. The number of nitro groups is 1. The van der Waals surface area contributed by atoms with Crippen molar-refractivity contribution < 1.29 is 4.92 Å². The first kappa shape index (κ1) is 18.0. The molecule has 1 aromatic heterocycles. The molecule has 1 aliphatic rings. The predicted octanol–water partition coefficient (Wildman–Crippen LogP) is 4.92. The number of rotatable bonds is 3. The molecule has 0 atom stereocenters. The molecular weight excluding hydrogens is 378 g/mol. The van der Waals surface area contributed by atoms with Crippen LogP contribution in [0.3, 0.4) is 0 Å². The van der Waals surface area contributed by atoms with Crippen LogP contribution < -0.4 is 5.56 Å². The number of benzene rings is 3. The molecule has 0 spiro atoms. The van der Waals surface area contributed by atoms with Gasteiger partial charge in [-0.15, -0.1) is 0 Å². The van der Waals surface area contributed by atoms with Gasteiger partial charge in [-0.3, -0.25) is 19.5 Å². The second-order valence-corrected chi connectivity index (χ2v) is 7.26. The second-order valence-electron chi connectivity index (χ2n) is 7.26. The highest BCUT2D eigenvalue weighted by Gasteiger charge is 2.22. The summed E-state index contributed by atoms with van der Waals surface area (Å²) in [5.74, 6) is 0.633. The van der Waals surface area contributed by atoms with Crippen molar-refractivity contribution in [1.29, 1.82) is 0 Å². The van der Waals surface area contributed by atoms with Crippen molar-refractivity contribution in [3.63, 3.8) is 0 Å². The van der Waals surface area contributed by atoms with E-state index in [4.69, 9.17) is 0 Å². The molecule has 0 radical (unpaired) electrons. The number of nitrogens with zero attached hydrogens (tertiary/aromatic N) is 3. The van der Waals surface area contributed by atoms with E-state index >= 15 is 0 Å². The van der Waals surface area contributed by atoms with E-state index in [1.165, 1.54) is 12.1 Å². The van der Waals surface area contributed by atoms with Gasteiger partial charge in [0.05, 0.1) is 15.8 Å². The summed E-state index contributed by atoms with van der Waals surface area (Å²) >= 11 is 0. The van der Waals surface area contributed by atoms with Crippen LogP contribution in [0, 0.1) is 10.1 Å². The Morgan fingerprint density at radius 3 is 2.43 bits per heavy atom. The molecule has 0 amide bonds. The quantitative estimate of drug-likeness (QED) is 0.364. The minimum atomic E-state index is -0.499. The molecule has 0 N–H and O–H groups in total. The first-order valence-electron chi connectivity index (χ1n) is 9.65. The van der Waals surface area contributed by atoms with E-state index in [9.17, 15) is 14.9 Å². The summed E-state index contributed by atoms with van der Waals surface area (Å²) in [6.07, 6.45) is 2.75. The number of aromatic nitrogens is 2. The Morgan fingerprint density at radius 2 is 1.70 bits per heavy atom. The van der Waals surface area contributed by atoms with Crippen LogP contribution in [-0.4, -0.2) is 14.5 Å². The van der Waals surface area contributed by atoms with Crippen LogP contribution in [-0.2, 0) is 6.54 Å². The van der Waals surface area contributed by atoms with Gasteiger partial charge >= 0.3 is 0 Å². The summed E-state index contributed by atoms with van der Waals surface area (Å²) in [6, 6.07) is 22.7. The van der Waals surface area contributed by atoms with Gasteiger partial charge in [0.2, 0.25) is 0 Å². The third-order valence-corrected chi connectivity index (χ3v) is 5.40. The van der Waals surface area contributed by atoms with Gasteiger partial charge in [-0.05, 0) is 40.8 Å². The lowest BCUT2D eigenvalue weighted by molar-refractivity contribution is -0.384. The maximum atomic E-state index is 12.9. The molecule has 6 heteroatoms. The average Bonchev–Trinajstić information content (AvgIpc) is 3.17. The third-order valence-electron chi connectivity index (χ3n) is 5.40. The summed E-state index contributed by atoms with van der Waals surface area (Å²) in [7, 11) is 0. The first-order chi connectivity index (χ1) is 14.6. The first-order valence-corrected chi connectivity index (χ1v) is 9.65. The van der Waals surface area contributed by atoms with Gasteiger partial charge in [-0.2, -0.15) is 0 Å². The SMILES string of the molecule is O=c1c2cc([N+](=O)[O-])ccc2nc2n1CC/C2=C/c1ccc(-c2ccccc2)cc1. The summed E-state index contributed by atoms with van der Waals surface area (Å²) < 4.78 is 1.61. The maximum absolute atomic E-state index is 12.9. The molecule has 0 fully saturated rings. The highest BCUT2D eigenvalue weighted by atomic mass is 16.6. The zero-order valence-corrected chi connectivity index (χ0v) is 16.0. The van der Waals surface area contributed by atoms with Gasteiger partial charge in [0.1, 0.15) is 5.82 Å². The largest absolute Gasteiger partial charge is 0.292 e. The van der Waals surface area contributed by atoms with Crippen LogP contribution in [0.2, 0.25) is 0 Å². The third kappa shape index (κ3) is 3.08. The molecule has 30 heavy (non-hydrogen) atoms. The lowest BCUT2D eigenvalue weighted by Gasteiger charge is -2.06. The molecule has 0 saturated heterocycles. The van der Waals surface area contributed by atoms with Gasteiger partial charge in [0.15, 0.2) is 0 Å². The van der Waals surface area contributed by atoms with Gasteiger partial charge in [0.25, 0.3) is 11.2 Å². The zero-order valence-electron chi connectivity index (χ0n) is 16.0. The van der Waals surface area contributed by atoms with Gasteiger partial charge in [-0.1, -0.05) is 54.6 Å². The van der Waals surface area contributed by atoms with Gasteiger partial charge < -0.3 is 0 Å². The lowest BCUT2D eigenvalue weighted by Crippen LogP contribution is -2.20. The van der Waals surface area contributed by atoms with E-state index in [1.54, 1.807) is 10.6 Å². The van der Waals surface area contributed by atoms with E-state index in [1.807, 2.05) is 18.2 Å². The van der Waals surface area contributed by atoms with E-state index in [0.29, 0.717) is 24.3 Å². The minimum Gasteiger partial charge on any atom is -0.292 e. The van der Waals surface area contributed by atoms with Crippen LogP contribution >= 0.6 is 0 Å². The number of hydrogen-bond donors (Lipinski definition) is 0. The molecule has 0 saturated carbocycles. The number of non-ortho nitro benzene ring substituents is 1. The minimum absolute atomic E-state index is 0.103. The molecule has 0 unspecified atom stereocenters. The second kappa shape index (κ2) is 7.08. The molecule has 2 heterocycles. The number of hydrogen-bond acceptors (Lipinski definition) is 4. The van der Waals surface area contributed by atoms with Crippen molar-refractivity contribution >= 4 is 28.2 Å². The van der Waals surface area contributed by atoms with Crippen LogP contribution in [0.1, 0.15) is 17.8 Å². The summed E-state index contributed by atoms with van der Waals surface area (Å²) in [5.41, 5.74) is 4.47. The normalized spacial score (nSPS) is 14.2. The summed E-state index contributed by atoms with van der Waals surface area (Å²) in [5, 5.41) is 11.3. The van der Waals surface area contributed by atoms with Gasteiger partial charge in [-0.25, -0.2) is 4.98 Å². The smallest absolute Gasteiger partial charge is 0.270 e. The van der Waals surface area contributed by atoms with Crippen molar-refractivity contribution in [2.24, 2.45) is 0 Å². The molecule has 6 nitrogen and oxygen atoms in total.